The molecule has 4 nitrogen and oxygen atoms in total. The van der Waals surface area contributed by atoms with Crippen LogP contribution in [0.2, 0.25) is 5.02 Å². The molecule has 4 aromatic rings. The van der Waals surface area contributed by atoms with Crippen LogP contribution in [0.15, 0.2) is 72.9 Å². The zero-order chi connectivity index (χ0) is 20.2. The van der Waals surface area contributed by atoms with E-state index >= 15 is 0 Å². The molecular weight excluding hydrogens is 384 g/mol. The zero-order valence-electron chi connectivity index (χ0n) is 16.0. The van der Waals surface area contributed by atoms with Crippen LogP contribution in [0.5, 0.6) is 11.5 Å². The number of carbonyl (C=O) groups is 1. The predicted octanol–water partition coefficient (Wildman–Crippen LogP) is 5.89. The van der Waals surface area contributed by atoms with Gasteiger partial charge in [0, 0.05) is 34.2 Å². The lowest BCUT2D eigenvalue weighted by Gasteiger charge is -2.08. The van der Waals surface area contributed by atoms with Gasteiger partial charge in [0.1, 0.15) is 11.5 Å². The number of aromatic amines is 1. The summed E-state index contributed by atoms with van der Waals surface area (Å²) in [5.74, 6) is 1.36. The minimum Gasteiger partial charge on any atom is -0.457 e. The number of aryl methyl sites for hydroxylation is 1. The maximum absolute atomic E-state index is 12.4. The molecule has 4 rings (SSSR count). The van der Waals surface area contributed by atoms with E-state index in [2.05, 4.69) is 10.3 Å². The van der Waals surface area contributed by atoms with E-state index in [4.69, 9.17) is 16.3 Å². The first kappa shape index (κ1) is 19.1. The standard InChI is InChI=1S/C24H21ClN2O2/c1-16-2-7-20(8-3-16)29-21-9-4-17(5-10-21)24(28)26-13-12-18-15-27-23-11-6-19(25)14-22(18)23/h2-11,14-15,27H,12-13H2,1H3,(H,26,28). The molecule has 0 unspecified atom stereocenters. The average Bonchev–Trinajstić information content (AvgIpc) is 3.12. The first-order chi connectivity index (χ1) is 14.1. The first-order valence-corrected chi connectivity index (χ1v) is 9.84. The van der Waals surface area contributed by atoms with Gasteiger partial charge in [0.05, 0.1) is 0 Å². The zero-order valence-corrected chi connectivity index (χ0v) is 16.8. The van der Waals surface area contributed by atoms with Crippen molar-refractivity contribution < 1.29 is 9.53 Å². The fourth-order valence-electron chi connectivity index (χ4n) is 3.19. The van der Waals surface area contributed by atoms with Crippen molar-refractivity contribution in [1.29, 1.82) is 0 Å². The second-order valence-corrected chi connectivity index (χ2v) is 7.39. The number of amides is 1. The molecule has 0 aliphatic rings. The summed E-state index contributed by atoms with van der Waals surface area (Å²) < 4.78 is 5.80. The Labute approximate surface area is 174 Å². The summed E-state index contributed by atoms with van der Waals surface area (Å²) in [5, 5.41) is 4.76. The summed E-state index contributed by atoms with van der Waals surface area (Å²) in [6, 6.07) is 20.7. The highest BCUT2D eigenvalue weighted by molar-refractivity contribution is 6.31. The molecule has 1 heterocycles. The summed E-state index contributed by atoms with van der Waals surface area (Å²) in [4.78, 5) is 15.6. The molecule has 0 fully saturated rings. The second kappa shape index (κ2) is 8.41. The van der Waals surface area contributed by atoms with Crippen LogP contribution >= 0.6 is 11.6 Å². The number of ether oxygens (including phenoxy) is 1. The van der Waals surface area contributed by atoms with Crippen molar-refractivity contribution in [3.8, 4) is 11.5 Å². The maximum Gasteiger partial charge on any atom is 0.251 e. The van der Waals surface area contributed by atoms with E-state index < -0.39 is 0 Å². The summed E-state index contributed by atoms with van der Waals surface area (Å²) in [5.41, 5.74) is 3.95. The SMILES string of the molecule is Cc1ccc(Oc2ccc(C(=O)NCCc3c[nH]c4ccc(Cl)cc34)cc2)cc1. The normalized spacial score (nSPS) is 10.8. The van der Waals surface area contributed by atoms with Crippen LogP contribution in [0.4, 0.5) is 0 Å². The molecular formula is C24H21ClN2O2. The number of hydrogen-bond donors (Lipinski definition) is 2. The number of halogens is 1. The molecule has 29 heavy (non-hydrogen) atoms. The number of rotatable bonds is 6. The van der Waals surface area contributed by atoms with Gasteiger partial charge in [-0.25, -0.2) is 0 Å². The Kier molecular flexibility index (Phi) is 5.54. The van der Waals surface area contributed by atoms with Gasteiger partial charge >= 0.3 is 0 Å². The van der Waals surface area contributed by atoms with Crippen molar-refractivity contribution in [2.24, 2.45) is 0 Å². The smallest absolute Gasteiger partial charge is 0.251 e. The molecule has 1 amide bonds. The first-order valence-electron chi connectivity index (χ1n) is 9.47. The Bertz CT molecular complexity index is 1130. The third kappa shape index (κ3) is 4.61. The molecule has 0 saturated heterocycles. The summed E-state index contributed by atoms with van der Waals surface area (Å²) in [6.45, 7) is 2.57. The lowest BCUT2D eigenvalue weighted by atomic mass is 10.1. The number of benzene rings is 3. The van der Waals surface area contributed by atoms with Gasteiger partial charge < -0.3 is 15.0 Å². The van der Waals surface area contributed by atoms with E-state index in [9.17, 15) is 4.79 Å². The summed E-state index contributed by atoms with van der Waals surface area (Å²) in [7, 11) is 0. The van der Waals surface area contributed by atoms with Crippen LogP contribution in [0.25, 0.3) is 10.9 Å². The van der Waals surface area contributed by atoms with E-state index in [-0.39, 0.29) is 5.91 Å². The molecule has 0 aliphatic carbocycles. The largest absolute Gasteiger partial charge is 0.457 e. The van der Waals surface area contributed by atoms with Crippen LogP contribution in [0.1, 0.15) is 21.5 Å². The molecule has 146 valence electrons. The van der Waals surface area contributed by atoms with Crippen molar-refractivity contribution in [1.82, 2.24) is 10.3 Å². The van der Waals surface area contributed by atoms with Crippen LogP contribution < -0.4 is 10.1 Å². The minimum absolute atomic E-state index is 0.107. The van der Waals surface area contributed by atoms with Crippen molar-refractivity contribution in [2.45, 2.75) is 13.3 Å². The Morgan fingerprint density at radius 3 is 2.41 bits per heavy atom. The van der Waals surface area contributed by atoms with Gasteiger partial charge in [-0.05, 0) is 73.5 Å². The fourth-order valence-corrected chi connectivity index (χ4v) is 3.36. The maximum atomic E-state index is 12.4. The lowest BCUT2D eigenvalue weighted by Crippen LogP contribution is -2.25. The highest BCUT2D eigenvalue weighted by atomic mass is 35.5. The van der Waals surface area contributed by atoms with Gasteiger partial charge in [-0.1, -0.05) is 29.3 Å². The third-order valence-corrected chi connectivity index (χ3v) is 5.02. The molecule has 0 radical (unpaired) electrons. The minimum atomic E-state index is -0.107. The van der Waals surface area contributed by atoms with Crippen molar-refractivity contribution in [3.63, 3.8) is 0 Å². The van der Waals surface area contributed by atoms with Crippen molar-refractivity contribution >= 4 is 28.4 Å². The molecule has 0 saturated carbocycles. The number of nitrogens with one attached hydrogen (secondary N) is 2. The van der Waals surface area contributed by atoms with Crippen molar-refractivity contribution in [3.05, 3.63) is 94.6 Å². The quantitative estimate of drug-likeness (QED) is 0.420. The van der Waals surface area contributed by atoms with Crippen molar-refractivity contribution in [2.75, 3.05) is 6.54 Å². The highest BCUT2D eigenvalue weighted by Gasteiger charge is 2.08. The summed E-state index contributed by atoms with van der Waals surface area (Å²) in [6.07, 6.45) is 2.69. The van der Waals surface area contributed by atoms with E-state index in [1.54, 1.807) is 24.3 Å². The monoisotopic (exact) mass is 404 g/mol. The van der Waals surface area contributed by atoms with Gasteiger partial charge in [0.25, 0.3) is 5.91 Å². The van der Waals surface area contributed by atoms with Crippen LogP contribution in [0, 0.1) is 6.92 Å². The molecule has 0 aliphatic heterocycles. The van der Waals surface area contributed by atoms with E-state index in [0.29, 0.717) is 22.9 Å². The number of fused-ring (bicyclic) bond motifs is 1. The lowest BCUT2D eigenvalue weighted by molar-refractivity contribution is 0.0954. The van der Waals surface area contributed by atoms with Gasteiger partial charge in [-0.15, -0.1) is 0 Å². The second-order valence-electron chi connectivity index (χ2n) is 6.95. The molecule has 5 heteroatoms. The molecule has 0 spiro atoms. The van der Waals surface area contributed by atoms with Gasteiger partial charge in [0.2, 0.25) is 0 Å². The average molecular weight is 405 g/mol. The Hall–Kier alpha value is -3.24. The Balaban J connectivity index is 1.33. The number of aromatic nitrogens is 1. The van der Waals surface area contributed by atoms with E-state index in [0.717, 1.165) is 28.6 Å². The van der Waals surface area contributed by atoms with Crippen LogP contribution in [-0.4, -0.2) is 17.4 Å². The number of carbonyl (C=O) groups excluding carboxylic acids is 1. The number of H-pyrrole nitrogens is 1. The number of hydrogen-bond acceptors (Lipinski definition) is 2. The van der Waals surface area contributed by atoms with Gasteiger partial charge in [0.15, 0.2) is 0 Å². The van der Waals surface area contributed by atoms with Crippen LogP contribution in [-0.2, 0) is 6.42 Å². The Morgan fingerprint density at radius 2 is 1.69 bits per heavy atom. The molecule has 1 aromatic heterocycles. The van der Waals surface area contributed by atoms with E-state index in [1.807, 2.05) is 55.6 Å². The fraction of sp³-hybridized carbons (Fsp3) is 0.125. The van der Waals surface area contributed by atoms with E-state index in [1.165, 1.54) is 5.56 Å². The molecule has 2 N–H and O–H groups in total. The van der Waals surface area contributed by atoms with Crippen LogP contribution in [0.3, 0.4) is 0 Å². The molecule has 0 bridgehead atoms. The molecule has 3 aromatic carbocycles. The van der Waals surface area contributed by atoms with Gasteiger partial charge in [-0.3, -0.25) is 4.79 Å². The predicted molar refractivity (Wildman–Crippen MR) is 117 cm³/mol. The third-order valence-electron chi connectivity index (χ3n) is 4.78. The van der Waals surface area contributed by atoms with Gasteiger partial charge in [-0.2, -0.15) is 0 Å². The Morgan fingerprint density at radius 1 is 1.00 bits per heavy atom. The molecule has 0 atom stereocenters. The highest BCUT2D eigenvalue weighted by Crippen LogP contribution is 2.23. The topological polar surface area (TPSA) is 54.1 Å². The summed E-state index contributed by atoms with van der Waals surface area (Å²) >= 11 is 6.09.